The van der Waals surface area contributed by atoms with Gasteiger partial charge in [0.2, 0.25) is 0 Å². The van der Waals surface area contributed by atoms with Crippen LogP contribution in [0.15, 0.2) is 10.4 Å². The van der Waals surface area contributed by atoms with Crippen LogP contribution >= 0.6 is 23.1 Å². The van der Waals surface area contributed by atoms with Gasteiger partial charge in [-0.15, -0.1) is 11.8 Å². The molecule has 0 bridgehead atoms. The van der Waals surface area contributed by atoms with Gasteiger partial charge in [-0.1, -0.05) is 30.6 Å². The van der Waals surface area contributed by atoms with Crippen LogP contribution in [0, 0.1) is 11.8 Å². The molecule has 3 fully saturated rings. The summed E-state index contributed by atoms with van der Waals surface area (Å²) in [6.45, 7) is 1.81. The fraction of sp³-hybridized carbons (Fsp3) is 0.792. The predicted molar refractivity (Wildman–Crippen MR) is 132 cm³/mol. The van der Waals surface area contributed by atoms with E-state index < -0.39 is 5.97 Å². The van der Waals surface area contributed by atoms with Crippen LogP contribution in [0.25, 0.3) is 0 Å². The van der Waals surface area contributed by atoms with E-state index in [4.69, 9.17) is 9.84 Å². The Morgan fingerprint density at radius 2 is 1.67 bits per heavy atom. The zero-order valence-corrected chi connectivity index (χ0v) is 21.0. The third-order valence-electron chi connectivity index (χ3n) is 7.07. The van der Waals surface area contributed by atoms with Crippen molar-refractivity contribution in [3.8, 4) is 0 Å². The van der Waals surface area contributed by atoms with E-state index in [1.807, 2.05) is 0 Å². The average Bonchev–Trinajstić information content (AvgIpc) is 3.53. The number of carbonyl (C=O) groups is 2. The number of amides is 2. The molecule has 1 aromatic rings. The number of anilines is 1. The number of thioether (sulfide) groups is 1. The van der Waals surface area contributed by atoms with E-state index in [2.05, 4.69) is 15.2 Å². The lowest BCUT2D eigenvalue weighted by atomic mass is 9.84. The van der Waals surface area contributed by atoms with Gasteiger partial charge in [0.15, 0.2) is 5.13 Å². The second-order valence-corrected chi connectivity index (χ2v) is 12.2. The average molecular weight is 496 g/mol. The van der Waals surface area contributed by atoms with Crippen LogP contribution in [-0.4, -0.2) is 58.0 Å². The molecule has 3 aliphatic rings. The molecule has 1 aromatic heterocycles. The highest BCUT2D eigenvalue weighted by molar-refractivity contribution is 8.01. The van der Waals surface area contributed by atoms with Crippen LogP contribution in [0.3, 0.4) is 0 Å². The molecule has 0 atom stereocenters. The van der Waals surface area contributed by atoms with Gasteiger partial charge in [-0.3, -0.25) is 10.1 Å². The van der Waals surface area contributed by atoms with Crippen LogP contribution in [0.5, 0.6) is 0 Å². The van der Waals surface area contributed by atoms with Crippen molar-refractivity contribution in [1.29, 1.82) is 0 Å². The maximum Gasteiger partial charge on any atom is 0.324 e. The number of nitrogens with zero attached hydrogens (tertiary/aromatic N) is 2. The molecule has 9 heteroatoms. The molecular formula is C24H37N3O4S2. The zero-order valence-electron chi connectivity index (χ0n) is 19.4. The Balaban J connectivity index is 1.31. The molecule has 3 aliphatic carbocycles. The third-order valence-corrected chi connectivity index (χ3v) is 9.18. The number of carboxylic acid groups (broad SMARTS) is 1. The highest BCUT2D eigenvalue weighted by Crippen LogP contribution is 2.35. The molecular weight excluding hydrogens is 458 g/mol. The number of hydrogen-bond donors (Lipinski definition) is 2. The predicted octanol–water partition coefficient (Wildman–Crippen LogP) is 5.86. The second kappa shape index (κ2) is 12.4. The van der Waals surface area contributed by atoms with Gasteiger partial charge in [-0.05, 0) is 63.2 Å². The van der Waals surface area contributed by atoms with E-state index in [0.29, 0.717) is 22.8 Å². The third kappa shape index (κ3) is 7.86. The Hall–Kier alpha value is -1.32. The minimum atomic E-state index is -0.798. The minimum absolute atomic E-state index is 0.0215. The molecule has 0 aromatic carbocycles. The first-order valence-corrected chi connectivity index (χ1v) is 14.4. The van der Waals surface area contributed by atoms with E-state index in [-0.39, 0.29) is 18.5 Å². The number of aliphatic carboxylic acids is 1. The number of urea groups is 1. The molecule has 1 heterocycles. The summed E-state index contributed by atoms with van der Waals surface area (Å²) in [4.78, 5) is 30.7. The number of carbonyl (C=O) groups excluding carboxylic acids is 1. The zero-order chi connectivity index (χ0) is 23.0. The van der Waals surface area contributed by atoms with Crippen molar-refractivity contribution in [2.24, 2.45) is 11.8 Å². The van der Waals surface area contributed by atoms with E-state index in [1.165, 1.54) is 55.2 Å². The van der Waals surface area contributed by atoms with Gasteiger partial charge in [0.25, 0.3) is 0 Å². The quantitative estimate of drug-likeness (QED) is 0.374. The lowest BCUT2D eigenvalue weighted by Gasteiger charge is -2.42. The second-order valence-electron chi connectivity index (χ2n) is 9.76. The van der Waals surface area contributed by atoms with Gasteiger partial charge in [0, 0.05) is 31.1 Å². The normalized spacial score (nSPS) is 23.9. The van der Waals surface area contributed by atoms with Crippen molar-refractivity contribution in [1.82, 2.24) is 9.88 Å². The Bertz CT molecular complexity index is 772. The smallest absolute Gasteiger partial charge is 0.324 e. The van der Waals surface area contributed by atoms with Gasteiger partial charge >= 0.3 is 12.0 Å². The summed E-state index contributed by atoms with van der Waals surface area (Å²) in [7, 11) is 0. The summed E-state index contributed by atoms with van der Waals surface area (Å²) in [5, 5.41) is 12.5. The molecule has 0 aliphatic heterocycles. The highest BCUT2D eigenvalue weighted by Gasteiger charge is 2.35. The number of thiazole rings is 1. The fourth-order valence-electron chi connectivity index (χ4n) is 5.04. The Kier molecular flexibility index (Phi) is 9.32. The lowest BCUT2D eigenvalue weighted by Crippen LogP contribution is -2.51. The van der Waals surface area contributed by atoms with Crippen molar-refractivity contribution < 1.29 is 19.4 Å². The summed E-state index contributed by atoms with van der Waals surface area (Å²) in [5.74, 6) is 1.15. The maximum atomic E-state index is 13.4. The lowest BCUT2D eigenvalue weighted by molar-refractivity contribution is -0.136. The summed E-state index contributed by atoms with van der Waals surface area (Å²) >= 11 is 2.90. The van der Waals surface area contributed by atoms with Crippen LogP contribution in [0.4, 0.5) is 9.93 Å². The first-order valence-electron chi connectivity index (χ1n) is 12.6. The number of ether oxygens (including phenoxy) is 1. The van der Waals surface area contributed by atoms with Crippen molar-refractivity contribution >= 4 is 40.2 Å². The molecule has 0 radical (unpaired) electrons. The Morgan fingerprint density at radius 1 is 1.03 bits per heavy atom. The van der Waals surface area contributed by atoms with E-state index in [0.717, 1.165) is 61.9 Å². The van der Waals surface area contributed by atoms with Crippen LogP contribution in [-0.2, 0) is 9.53 Å². The molecule has 7 nitrogen and oxygen atoms in total. The minimum Gasteiger partial charge on any atom is -0.481 e. The highest BCUT2D eigenvalue weighted by atomic mass is 32.2. The summed E-state index contributed by atoms with van der Waals surface area (Å²) in [5.41, 5.74) is 0. The molecule has 2 amide bonds. The van der Waals surface area contributed by atoms with Crippen molar-refractivity contribution in [2.75, 3.05) is 24.3 Å². The fourth-order valence-corrected chi connectivity index (χ4v) is 6.91. The first kappa shape index (κ1) is 24.8. The number of rotatable bonds is 11. The number of hydrogen-bond acceptors (Lipinski definition) is 6. The van der Waals surface area contributed by atoms with Gasteiger partial charge in [-0.25, -0.2) is 9.78 Å². The number of nitrogens with one attached hydrogen (secondary N) is 1. The molecule has 3 saturated carbocycles. The Labute approximate surface area is 205 Å². The number of carboxylic acids is 1. The standard InChI is InChI=1S/C24H37N3O4S2/c28-21(29)12-13-32-22-14-25-23(33-22)26-24(30)27(19-4-2-1-3-5-19)20-10-8-18(9-11-20)16-31-15-17-6-7-17/h14,17-20H,1-13,15-16H2,(H,28,29)(H,25,26,30). The number of aromatic nitrogens is 1. The molecule has 33 heavy (non-hydrogen) atoms. The van der Waals surface area contributed by atoms with Gasteiger partial charge in [-0.2, -0.15) is 0 Å². The topological polar surface area (TPSA) is 91.8 Å². The molecule has 4 rings (SSSR count). The van der Waals surface area contributed by atoms with E-state index >= 15 is 0 Å². The van der Waals surface area contributed by atoms with Gasteiger partial charge in [0.1, 0.15) is 0 Å². The van der Waals surface area contributed by atoms with Crippen molar-refractivity contribution in [2.45, 2.75) is 93.3 Å². The molecule has 0 spiro atoms. The summed E-state index contributed by atoms with van der Waals surface area (Å²) < 4.78 is 6.88. The SMILES string of the molecule is O=C(O)CCSc1cnc(NC(=O)N(C2CCCCC2)C2CCC(COCC3CC3)CC2)s1. The van der Waals surface area contributed by atoms with Crippen LogP contribution in [0.1, 0.15) is 77.0 Å². The van der Waals surface area contributed by atoms with Crippen molar-refractivity contribution in [3.05, 3.63) is 6.20 Å². The molecule has 2 N–H and O–H groups in total. The van der Waals surface area contributed by atoms with Crippen LogP contribution < -0.4 is 5.32 Å². The Morgan fingerprint density at radius 3 is 2.30 bits per heavy atom. The van der Waals surface area contributed by atoms with E-state index in [1.54, 1.807) is 6.20 Å². The first-order chi connectivity index (χ1) is 16.1. The summed E-state index contributed by atoms with van der Waals surface area (Å²) in [6.07, 6.45) is 14.7. The maximum absolute atomic E-state index is 13.4. The van der Waals surface area contributed by atoms with E-state index in [9.17, 15) is 9.59 Å². The van der Waals surface area contributed by atoms with Gasteiger partial charge in [0.05, 0.1) is 16.8 Å². The molecule has 184 valence electrons. The van der Waals surface area contributed by atoms with Crippen molar-refractivity contribution in [3.63, 3.8) is 0 Å². The molecule has 0 unspecified atom stereocenters. The van der Waals surface area contributed by atoms with Crippen LogP contribution in [0.2, 0.25) is 0 Å². The van der Waals surface area contributed by atoms with Gasteiger partial charge < -0.3 is 14.7 Å². The largest absolute Gasteiger partial charge is 0.481 e. The monoisotopic (exact) mass is 495 g/mol. The molecule has 0 saturated heterocycles. The summed E-state index contributed by atoms with van der Waals surface area (Å²) in [6, 6.07) is 0.583.